The van der Waals surface area contributed by atoms with E-state index in [1.54, 1.807) is 0 Å². The van der Waals surface area contributed by atoms with E-state index < -0.39 is 0 Å². The average Bonchev–Trinajstić information content (AvgIpc) is 2.09. The van der Waals surface area contributed by atoms with Crippen LogP contribution in [-0.4, -0.2) is 0 Å². The summed E-state index contributed by atoms with van der Waals surface area (Å²) in [6.45, 7) is 11.9. The van der Waals surface area contributed by atoms with E-state index in [0.717, 1.165) is 29.6 Å². The smallest absolute Gasteiger partial charge is 0.0355 e. The summed E-state index contributed by atoms with van der Waals surface area (Å²) in [5.74, 6) is 4.88. The fourth-order valence-electron chi connectivity index (χ4n) is 2.87. The zero-order valence-corrected chi connectivity index (χ0v) is 10.0. The number of rotatable bonds is 4. The first-order chi connectivity index (χ1) is 6.07. The topological polar surface area (TPSA) is 0 Å². The van der Waals surface area contributed by atoms with Crippen molar-refractivity contribution in [2.75, 3.05) is 0 Å². The second-order valence-electron chi connectivity index (χ2n) is 5.41. The van der Waals surface area contributed by atoms with Crippen LogP contribution in [0.15, 0.2) is 0 Å². The first-order valence-corrected chi connectivity index (χ1v) is 6.07. The van der Waals surface area contributed by atoms with Crippen LogP contribution in [0.5, 0.6) is 0 Å². The van der Waals surface area contributed by atoms with E-state index >= 15 is 0 Å². The zero-order chi connectivity index (χ0) is 10.0. The maximum absolute atomic E-state index is 2.47. The first-order valence-electron chi connectivity index (χ1n) is 6.07. The summed E-state index contributed by atoms with van der Waals surface area (Å²) >= 11 is 0. The molecule has 0 N–H and O–H groups in total. The lowest BCUT2D eigenvalue weighted by Crippen LogP contribution is -2.40. The van der Waals surface area contributed by atoms with Crippen LogP contribution in [0.1, 0.15) is 53.9 Å². The fraction of sp³-hybridized carbons (Fsp3) is 1.00. The van der Waals surface area contributed by atoms with E-state index in [4.69, 9.17) is 0 Å². The molecule has 1 aliphatic rings. The maximum atomic E-state index is 2.47. The van der Waals surface area contributed by atoms with Crippen LogP contribution >= 0.6 is 0 Å². The van der Waals surface area contributed by atoms with Gasteiger partial charge in [-0.15, -0.1) is 0 Å². The Morgan fingerprint density at radius 3 is 2.23 bits per heavy atom. The summed E-state index contributed by atoms with van der Waals surface area (Å²) in [5, 5.41) is 0. The summed E-state index contributed by atoms with van der Waals surface area (Å²) in [7, 11) is 0. The molecule has 0 saturated heterocycles. The molecular weight excluding hydrogens is 156 g/mol. The SMILES string of the molecule is CCCC1CC(C(C)C(C)C)C1C. The molecule has 1 rings (SSSR count). The Balaban J connectivity index is 2.34. The van der Waals surface area contributed by atoms with Gasteiger partial charge >= 0.3 is 0 Å². The third-order valence-electron chi connectivity index (χ3n) is 4.38. The van der Waals surface area contributed by atoms with Gasteiger partial charge < -0.3 is 0 Å². The minimum Gasteiger partial charge on any atom is -0.0654 e. The van der Waals surface area contributed by atoms with Gasteiger partial charge in [0, 0.05) is 0 Å². The molecule has 78 valence electrons. The zero-order valence-electron chi connectivity index (χ0n) is 10.0. The molecule has 0 heterocycles. The van der Waals surface area contributed by atoms with Crippen molar-refractivity contribution in [2.24, 2.45) is 29.6 Å². The van der Waals surface area contributed by atoms with Crippen LogP contribution in [0, 0.1) is 29.6 Å². The summed E-state index contributed by atoms with van der Waals surface area (Å²) < 4.78 is 0. The predicted molar refractivity (Wildman–Crippen MR) is 59.7 cm³/mol. The Hall–Kier alpha value is 0. The molecule has 0 heteroatoms. The largest absolute Gasteiger partial charge is 0.0654 e. The van der Waals surface area contributed by atoms with Crippen molar-refractivity contribution in [1.82, 2.24) is 0 Å². The molecule has 0 aromatic carbocycles. The highest BCUT2D eigenvalue weighted by Gasteiger charge is 2.40. The van der Waals surface area contributed by atoms with E-state index in [0.29, 0.717) is 0 Å². The molecule has 0 amide bonds. The van der Waals surface area contributed by atoms with Crippen molar-refractivity contribution >= 4 is 0 Å². The van der Waals surface area contributed by atoms with Gasteiger partial charge in [-0.05, 0) is 36.0 Å². The summed E-state index contributed by atoms with van der Waals surface area (Å²) in [5.41, 5.74) is 0. The highest BCUT2D eigenvalue weighted by atomic mass is 14.4. The quantitative estimate of drug-likeness (QED) is 0.606. The molecule has 13 heavy (non-hydrogen) atoms. The molecule has 1 fully saturated rings. The molecular formula is C13H26. The summed E-state index contributed by atoms with van der Waals surface area (Å²) in [4.78, 5) is 0. The van der Waals surface area contributed by atoms with Gasteiger partial charge in [0.2, 0.25) is 0 Å². The molecule has 4 atom stereocenters. The van der Waals surface area contributed by atoms with Crippen LogP contribution in [0.2, 0.25) is 0 Å². The van der Waals surface area contributed by atoms with Crippen molar-refractivity contribution in [3.8, 4) is 0 Å². The Bertz CT molecular complexity index is 148. The average molecular weight is 182 g/mol. The normalized spacial score (nSPS) is 36.0. The molecule has 0 nitrogen and oxygen atoms in total. The molecule has 0 radical (unpaired) electrons. The van der Waals surface area contributed by atoms with Crippen LogP contribution in [0.3, 0.4) is 0 Å². The second kappa shape index (κ2) is 4.48. The summed E-state index contributed by atoms with van der Waals surface area (Å²) in [6, 6.07) is 0. The minimum atomic E-state index is 0.870. The number of hydrogen-bond donors (Lipinski definition) is 0. The van der Waals surface area contributed by atoms with Crippen molar-refractivity contribution in [2.45, 2.75) is 53.9 Å². The van der Waals surface area contributed by atoms with E-state index in [-0.39, 0.29) is 0 Å². The van der Waals surface area contributed by atoms with Gasteiger partial charge in [0.15, 0.2) is 0 Å². The fourth-order valence-corrected chi connectivity index (χ4v) is 2.87. The van der Waals surface area contributed by atoms with Gasteiger partial charge in [-0.25, -0.2) is 0 Å². The van der Waals surface area contributed by atoms with Crippen molar-refractivity contribution in [3.05, 3.63) is 0 Å². The minimum absolute atomic E-state index is 0.870. The molecule has 0 aliphatic heterocycles. The maximum Gasteiger partial charge on any atom is -0.0355 e. The highest BCUT2D eigenvalue weighted by Crippen LogP contribution is 2.48. The van der Waals surface area contributed by atoms with Gasteiger partial charge in [-0.3, -0.25) is 0 Å². The summed E-state index contributed by atoms with van der Waals surface area (Å²) in [6.07, 6.45) is 4.34. The van der Waals surface area contributed by atoms with Crippen molar-refractivity contribution in [1.29, 1.82) is 0 Å². The lowest BCUT2D eigenvalue weighted by Gasteiger charge is -2.47. The predicted octanol–water partition coefficient (Wildman–Crippen LogP) is 4.35. The molecule has 0 aromatic rings. The lowest BCUT2D eigenvalue weighted by atomic mass is 9.58. The Morgan fingerprint density at radius 2 is 1.85 bits per heavy atom. The third kappa shape index (κ3) is 2.27. The van der Waals surface area contributed by atoms with Crippen LogP contribution in [-0.2, 0) is 0 Å². The molecule has 0 spiro atoms. The van der Waals surface area contributed by atoms with Gasteiger partial charge in [0.05, 0.1) is 0 Å². The molecule has 1 saturated carbocycles. The monoisotopic (exact) mass is 182 g/mol. The van der Waals surface area contributed by atoms with Crippen LogP contribution < -0.4 is 0 Å². The van der Waals surface area contributed by atoms with Gasteiger partial charge in [-0.2, -0.15) is 0 Å². The van der Waals surface area contributed by atoms with Crippen LogP contribution in [0.25, 0.3) is 0 Å². The standard InChI is InChI=1S/C13H26/c1-6-7-12-8-13(11(12)5)10(4)9(2)3/h9-13H,6-8H2,1-5H3. The molecule has 0 aromatic heterocycles. The van der Waals surface area contributed by atoms with E-state index in [1.165, 1.54) is 19.3 Å². The lowest BCUT2D eigenvalue weighted by molar-refractivity contribution is 0.0198. The van der Waals surface area contributed by atoms with E-state index in [2.05, 4.69) is 34.6 Å². The first kappa shape index (κ1) is 11.1. The Labute approximate surface area is 84.1 Å². The van der Waals surface area contributed by atoms with E-state index in [1.807, 2.05) is 0 Å². The molecule has 1 aliphatic carbocycles. The Kier molecular flexibility index (Phi) is 3.82. The molecule has 0 bridgehead atoms. The molecule has 4 unspecified atom stereocenters. The van der Waals surface area contributed by atoms with Crippen molar-refractivity contribution in [3.63, 3.8) is 0 Å². The Morgan fingerprint density at radius 1 is 1.23 bits per heavy atom. The highest BCUT2D eigenvalue weighted by molar-refractivity contribution is 4.89. The van der Waals surface area contributed by atoms with Gasteiger partial charge in [0.25, 0.3) is 0 Å². The third-order valence-corrected chi connectivity index (χ3v) is 4.38. The van der Waals surface area contributed by atoms with E-state index in [9.17, 15) is 0 Å². The van der Waals surface area contributed by atoms with Gasteiger partial charge in [-0.1, -0.05) is 47.5 Å². The second-order valence-corrected chi connectivity index (χ2v) is 5.41. The number of hydrogen-bond acceptors (Lipinski definition) is 0. The van der Waals surface area contributed by atoms with Gasteiger partial charge in [0.1, 0.15) is 0 Å². The van der Waals surface area contributed by atoms with Crippen LogP contribution in [0.4, 0.5) is 0 Å². The van der Waals surface area contributed by atoms with Crippen molar-refractivity contribution < 1.29 is 0 Å².